The van der Waals surface area contributed by atoms with E-state index in [0.717, 1.165) is 33.0 Å². The Hall–Kier alpha value is -1.67. The monoisotopic (exact) mass is 282 g/mol. The van der Waals surface area contributed by atoms with Crippen molar-refractivity contribution in [3.63, 3.8) is 0 Å². The molecule has 0 unspecified atom stereocenters. The fourth-order valence-corrected chi connectivity index (χ4v) is 3.51. The summed E-state index contributed by atoms with van der Waals surface area (Å²) < 4.78 is 2.15. The highest BCUT2D eigenvalue weighted by Gasteiger charge is 2.06. The zero-order valence-electron chi connectivity index (χ0n) is 11.8. The summed E-state index contributed by atoms with van der Waals surface area (Å²) in [5.74, 6) is 0.692. The molecule has 20 heavy (non-hydrogen) atoms. The highest BCUT2D eigenvalue weighted by molar-refractivity contribution is 7.24. The minimum Gasteiger partial charge on any atom is -0.289 e. The molecule has 0 aliphatic heterocycles. The van der Waals surface area contributed by atoms with E-state index in [2.05, 4.69) is 32.0 Å². The van der Waals surface area contributed by atoms with Gasteiger partial charge in [-0.15, -0.1) is 11.3 Å². The van der Waals surface area contributed by atoms with E-state index in [1.807, 2.05) is 24.3 Å². The van der Waals surface area contributed by atoms with Gasteiger partial charge >= 0.3 is 0 Å². The van der Waals surface area contributed by atoms with Crippen LogP contribution in [0.3, 0.4) is 0 Å². The van der Waals surface area contributed by atoms with Crippen LogP contribution < -0.4 is 5.43 Å². The second-order valence-electron chi connectivity index (χ2n) is 5.69. The van der Waals surface area contributed by atoms with E-state index in [4.69, 9.17) is 0 Å². The van der Waals surface area contributed by atoms with Gasteiger partial charge in [-0.1, -0.05) is 32.0 Å². The van der Waals surface area contributed by atoms with Crippen LogP contribution in [0.4, 0.5) is 0 Å². The molecule has 0 N–H and O–H groups in total. The van der Waals surface area contributed by atoms with Crippen molar-refractivity contribution in [2.75, 3.05) is 0 Å². The molecule has 0 spiro atoms. The predicted octanol–water partition coefficient (Wildman–Crippen LogP) is 5.00. The van der Waals surface area contributed by atoms with Gasteiger partial charge in [0.15, 0.2) is 5.43 Å². The van der Waals surface area contributed by atoms with Crippen molar-refractivity contribution in [2.24, 2.45) is 5.92 Å². The van der Waals surface area contributed by atoms with Crippen molar-refractivity contribution >= 4 is 31.5 Å². The quantitative estimate of drug-likeness (QED) is 0.618. The Kier molecular flexibility index (Phi) is 3.58. The number of benzene rings is 2. The van der Waals surface area contributed by atoms with Crippen LogP contribution in [0, 0.1) is 5.92 Å². The third-order valence-corrected chi connectivity index (χ3v) is 4.80. The summed E-state index contributed by atoms with van der Waals surface area (Å²) in [6, 6.07) is 14.2. The van der Waals surface area contributed by atoms with Crippen LogP contribution in [0.2, 0.25) is 0 Å². The summed E-state index contributed by atoms with van der Waals surface area (Å²) in [5, 5.41) is 1.71. The Balaban J connectivity index is 2.16. The Labute approximate surface area is 122 Å². The minimum absolute atomic E-state index is 0.167. The van der Waals surface area contributed by atoms with Crippen LogP contribution in [0.1, 0.15) is 25.8 Å². The smallest absolute Gasteiger partial charge is 0.195 e. The number of fused-ring (bicyclic) bond motifs is 2. The largest absolute Gasteiger partial charge is 0.289 e. The van der Waals surface area contributed by atoms with Gasteiger partial charge in [0, 0.05) is 20.2 Å². The maximum Gasteiger partial charge on any atom is 0.195 e. The molecule has 0 bridgehead atoms. The average Bonchev–Trinajstić information content (AvgIpc) is 2.46. The van der Waals surface area contributed by atoms with E-state index in [0.29, 0.717) is 5.92 Å². The van der Waals surface area contributed by atoms with Crippen molar-refractivity contribution in [2.45, 2.75) is 26.7 Å². The zero-order valence-corrected chi connectivity index (χ0v) is 12.7. The summed E-state index contributed by atoms with van der Waals surface area (Å²) in [4.78, 5) is 12.6. The summed E-state index contributed by atoms with van der Waals surface area (Å²) in [6.07, 6.45) is 2.21. The van der Waals surface area contributed by atoms with E-state index in [9.17, 15) is 4.79 Å². The third kappa shape index (κ3) is 2.48. The Morgan fingerprint density at radius 1 is 1.00 bits per heavy atom. The fourth-order valence-electron chi connectivity index (χ4n) is 2.46. The van der Waals surface area contributed by atoms with E-state index < -0.39 is 0 Å². The maximum absolute atomic E-state index is 12.6. The molecule has 0 atom stereocenters. The molecule has 3 rings (SSSR count). The van der Waals surface area contributed by atoms with E-state index in [1.165, 1.54) is 5.56 Å². The van der Waals surface area contributed by atoms with Crippen LogP contribution in [0.5, 0.6) is 0 Å². The molecule has 3 aromatic rings. The second kappa shape index (κ2) is 5.37. The van der Waals surface area contributed by atoms with Gasteiger partial charge in [-0.2, -0.15) is 0 Å². The molecule has 2 aromatic carbocycles. The first-order valence-corrected chi connectivity index (χ1v) is 7.91. The molecule has 0 saturated heterocycles. The molecule has 0 saturated carbocycles. The van der Waals surface area contributed by atoms with Gasteiger partial charge in [-0.25, -0.2) is 0 Å². The van der Waals surface area contributed by atoms with Gasteiger partial charge in [-0.05, 0) is 48.6 Å². The Morgan fingerprint density at radius 2 is 1.75 bits per heavy atom. The fraction of sp³-hybridized carbons (Fsp3) is 0.278. The van der Waals surface area contributed by atoms with Gasteiger partial charge in [0.25, 0.3) is 0 Å². The van der Waals surface area contributed by atoms with Crippen molar-refractivity contribution < 1.29 is 0 Å². The predicted molar refractivity (Wildman–Crippen MR) is 88.8 cm³/mol. The van der Waals surface area contributed by atoms with E-state index in [1.54, 1.807) is 11.3 Å². The molecule has 0 fully saturated rings. The molecular weight excluding hydrogens is 264 g/mol. The first-order valence-electron chi connectivity index (χ1n) is 7.09. The molecular formula is C18H18OS. The summed E-state index contributed by atoms with van der Waals surface area (Å²) in [6.45, 7) is 4.46. The lowest BCUT2D eigenvalue weighted by atomic mass is 10.0. The molecule has 0 aliphatic rings. The van der Waals surface area contributed by atoms with Crippen LogP contribution in [-0.2, 0) is 6.42 Å². The van der Waals surface area contributed by atoms with Gasteiger partial charge in [0.05, 0.1) is 0 Å². The molecule has 0 amide bonds. The lowest BCUT2D eigenvalue weighted by molar-refractivity contribution is 0.587. The van der Waals surface area contributed by atoms with Gasteiger partial charge in [0.1, 0.15) is 0 Å². The van der Waals surface area contributed by atoms with Gasteiger partial charge in [0.2, 0.25) is 0 Å². The number of rotatable bonds is 3. The van der Waals surface area contributed by atoms with Crippen LogP contribution in [0.15, 0.2) is 47.3 Å². The van der Waals surface area contributed by atoms with Gasteiger partial charge in [-0.3, -0.25) is 4.79 Å². The summed E-state index contributed by atoms with van der Waals surface area (Å²) in [5.41, 5.74) is 1.44. The zero-order chi connectivity index (χ0) is 14.1. The van der Waals surface area contributed by atoms with Crippen molar-refractivity contribution in [3.8, 4) is 0 Å². The lowest BCUT2D eigenvalue weighted by Crippen LogP contribution is -2.01. The molecule has 1 heterocycles. The molecule has 102 valence electrons. The maximum atomic E-state index is 12.6. The first kappa shape index (κ1) is 13.3. The van der Waals surface area contributed by atoms with Crippen LogP contribution in [-0.4, -0.2) is 0 Å². The Morgan fingerprint density at radius 3 is 2.55 bits per heavy atom. The topological polar surface area (TPSA) is 17.1 Å². The first-order chi connectivity index (χ1) is 9.65. The SMILES string of the molecule is CC(C)CCc1ccc2sc3ccccc3c(=O)c2c1. The average molecular weight is 282 g/mol. The molecule has 1 nitrogen and oxygen atoms in total. The van der Waals surface area contributed by atoms with E-state index in [-0.39, 0.29) is 5.43 Å². The minimum atomic E-state index is 0.167. The molecule has 1 aromatic heterocycles. The van der Waals surface area contributed by atoms with Crippen molar-refractivity contribution in [1.29, 1.82) is 0 Å². The van der Waals surface area contributed by atoms with Crippen LogP contribution >= 0.6 is 11.3 Å². The highest BCUT2D eigenvalue weighted by atomic mass is 32.1. The number of hydrogen-bond acceptors (Lipinski definition) is 2. The van der Waals surface area contributed by atoms with Crippen molar-refractivity contribution in [3.05, 3.63) is 58.3 Å². The highest BCUT2D eigenvalue weighted by Crippen LogP contribution is 2.25. The Bertz CT molecular complexity index is 814. The second-order valence-corrected chi connectivity index (χ2v) is 6.77. The van der Waals surface area contributed by atoms with Gasteiger partial charge < -0.3 is 0 Å². The number of hydrogen-bond donors (Lipinski definition) is 0. The summed E-state index contributed by atoms with van der Waals surface area (Å²) in [7, 11) is 0. The summed E-state index contributed by atoms with van der Waals surface area (Å²) >= 11 is 1.70. The van der Waals surface area contributed by atoms with Crippen LogP contribution in [0.25, 0.3) is 20.2 Å². The lowest BCUT2D eigenvalue weighted by Gasteiger charge is -2.06. The van der Waals surface area contributed by atoms with Crippen molar-refractivity contribution in [1.82, 2.24) is 0 Å². The molecule has 0 radical (unpaired) electrons. The molecule has 0 aliphatic carbocycles. The standard InChI is InChI=1S/C18H18OS/c1-12(2)7-8-13-9-10-17-15(11-13)18(19)14-5-3-4-6-16(14)20-17/h3-6,9-12H,7-8H2,1-2H3. The molecule has 2 heteroatoms. The normalized spacial score (nSPS) is 11.6. The number of aryl methyl sites for hydroxylation is 1. The third-order valence-electron chi connectivity index (χ3n) is 3.65. The van der Waals surface area contributed by atoms with E-state index >= 15 is 0 Å².